The first-order valence-electron chi connectivity index (χ1n) is 22.9. The van der Waals surface area contributed by atoms with Crippen molar-refractivity contribution in [3.8, 4) is 0 Å². The third kappa shape index (κ3) is 17.1. The molecule has 0 spiro atoms. The number of aliphatic hydroxyl groups excluding tert-OH is 11. The lowest BCUT2D eigenvalue weighted by Crippen LogP contribution is -2.66. The predicted molar refractivity (Wildman–Crippen MR) is 222 cm³/mol. The Morgan fingerprint density at radius 3 is 1.60 bits per heavy atom. The highest BCUT2D eigenvalue weighted by Crippen LogP contribution is 2.33. The van der Waals surface area contributed by atoms with Crippen molar-refractivity contribution in [2.75, 3.05) is 26.4 Å². The number of carbonyl (C=O) groups excluding carboxylic acids is 1. The predicted octanol–water partition coefficient (Wildman–Crippen LogP) is -0.475. The monoisotopic (exact) mass is 898 g/mol. The lowest BCUT2D eigenvalue weighted by Gasteiger charge is -2.48. The number of rotatable bonds is 30. The first-order chi connectivity index (χ1) is 29.8. The minimum atomic E-state index is -1.97. The molecule has 0 aromatic carbocycles. The number of hydrogen-bond donors (Lipinski definition) is 12. The SMILES string of the molecule is CCCCC/C=C\CCCCCCCC(=O)NC(COC1OC(CO)C(OC2OC(CO)C(OC3OC(CO)C(O)C(O)C3O)C(O)C2O)C(O)C1O)C(O)CCCCCCC. The van der Waals surface area contributed by atoms with Crippen LogP contribution >= 0.6 is 0 Å². The molecule has 3 fully saturated rings. The van der Waals surface area contributed by atoms with Crippen LogP contribution in [0.3, 0.4) is 0 Å². The lowest BCUT2D eigenvalue weighted by atomic mass is 9.96. The van der Waals surface area contributed by atoms with Crippen molar-refractivity contribution < 1.29 is 89.4 Å². The highest BCUT2D eigenvalue weighted by molar-refractivity contribution is 5.76. The summed E-state index contributed by atoms with van der Waals surface area (Å²) in [7, 11) is 0. The fourth-order valence-electron chi connectivity index (χ4n) is 7.89. The Kier molecular flexibility index (Phi) is 26.5. The van der Waals surface area contributed by atoms with E-state index < -0.39 is 124 Å². The van der Waals surface area contributed by atoms with Crippen LogP contribution in [0, 0.1) is 0 Å². The molecule has 19 heteroatoms. The summed E-state index contributed by atoms with van der Waals surface area (Å²) in [5.74, 6) is -0.263. The summed E-state index contributed by atoms with van der Waals surface area (Å²) in [5.41, 5.74) is 0. The number of unbranched alkanes of at least 4 members (excludes halogenated alkanes) is 12. The minimum Gasteiger partial charge on any atom is -0.394 e. The number of allylic oxidation sites excluding steroid dienone is 2. The summed E-state index contributed by atoms with van der Waals surface area (Å²) >= 11 is 0. The van der Waals surface area contributed by atoms with Gasteiger partial charge in [-0.25, -0.2) is 0 Å². The molecule has 19 nitrogen and oxygen atoms in total. The van der Waals surface area contributed by atoms with Crippen LogP contribution in [0.4, 0.5) is 0 Å². The molecule has 62 heavy (non-hydrogen) atoms. The highest BCUT2D eigenvalue weighted by Gasteiger charge is 2.53. The van der Waals surface area contributed by atoms with Crippen molar-refractivity contribution in [1.29, 1.82) is 0 Å². The van der Waals surface area contributed by atoms with Crippen molar-refractivity contribution in [1.82, 2.24) is 5.32 Å². The maximum atomic E-state index is 13.1. The van der Waals surface area contributed by atoms with E-state index in [0.29, 0.717) is 12.8 Å². The molecule has 17 atom stereocenters. The first kappa shape index (κ1) is 54.9. The van der Waals surface area contributed by atoms with E-state index in [1.807, 2.05) is 0 Å². The van der Waals surface area contributed by atoms with Gasteiger partial charge in [-0.15, -0.1) is 0 Å². The molecule has 12 N–H and O–H groups in total. The molecule has 0 aromatic heterocycles. The Balaban J connectivity index is 1.56. The zero-order valence-electron chi connectivity index (χ0n) is 36.6. The van der Waals surface area contributed by atoms with E-state index in [1.54, 1.807) is 0 Å². The number of nitrogens with one attached hydrogen (secondary N) is 1. The average Bonchev–Trinajstić information content (AvgIpc) is 3.26. The fourth-order valence-corrected chi connectivity index (χ4v) is 7.89. The number of ether oxygens (including phenoxy) is 6. The Morgan fingerprint density at radius 2 is 1.02 bits per heavy atom. The molecule has 3 saturated heterocycles. The lowest BCUT2D eigenvalue weighted by molar-refractivity contribution is -0.379. The zero-order valence-corrected chi connectivity index (χ0v) is 36.6. The molecule has 3 aliphatic rings. The van der Waals surface area contributed by atoms with Gasteiger partial charge in [0.2, 0.25) is 5.91 Å². The minimum absolute atomic E-state index is 0.255. The maximum Gasteiger partial charge on any atom is 0.220 e. The van der Waals surface area contributed by atoms with Gasteiger partial charge in [-0.1, -0.05) is 90.2 Å². The van der Waals surface area contributed by atoms with Gasteiger partial charge in [-0.2, -0.15) is 0 Å². The van der Waals surface area contributed by atoms with Crippen LogP contribution < -0.4 is 5.32 Å². The quantitative estimate of drug-likeness (QED) is 0.0320. The Labute approximate surface area is 365 Å². The second-order valence-corrected chi connectivity index (χ2v) is 16.9. The van der Waals surface area contributed by atoms with Gasteiger partial charge in [0, 0.05) is 6.42 Å². The maximum absolute atomic E-state index is 13.1. The average molecular weight is 898 g/mol. The summed E-state index contributed by atoms with van der Waals surface area (Å²) in [6.45, 7) is 1.59. The smallest absolute Gasteiger partial charge is 0.220 e. The van der Waals surface area contributed by atoms with E-state index in [4.69, 9.17) is 28.4 Å². The van der Waals surface area contributed by atoms with E-state index in [1.165, 1.54) is 19.3 Å². The molecule has 3 rings (SSSR count). The Bertz CT molecular complexity index is 1220. The van der Waals surface area contributed by atoms with Crippen LogP contribution in [-0.4, -0.2) is 193 Å². The van der Waals surface area contributed by atoms with Gasteiger partial charge in [0.1, 0.15) is 73.2 Å². The third-order valence-corrected chi connectivity index (χ3v) is 11.8. The van der Waals surface area contributed by atoms with Crippen molar-refractivity contribution >= 4 is 5.91 Å². The molecular weight excluding hydrogens is 818 g/mol. The summed E-state index contributed by atoms with van der Waals surface area (Å²) in [6.07, 6.45) is -5.94. The van der Waals surface area contributed by atoms with Gasteiger partial charge >= 0.3 is 0 Å². The first-order valence-corrected chi connectivity index (χ1v) is 22.9. The molecule has 0 saturated carbocycles. The Hall–Kier alpha value is -1.47. The molecule has 3 aliphatic heterocycles. The van der Waals surface area contributed by atoms with E-state index in [-0.39, 0.29) is 18.9 Å². The van der Waals surface area contributed by atoms with Crippen LogP contribution in [0.15, 0.2) is 12.2 Å². The molecule has 0 aromatic rings. The fraction of sp³-hybridized carbons (Fsp3) is 0.930. The van der Waals surface area contributed by atoms with Crippen molar-refractivity contribution in [3.63, 3.8) is 0 Å². The summed E-state index contributed by atoms with van der Waals surface area (Å²) in [6, 6.07) is -0.881. The molecule has 1 amide bonds. The third-order valence-electron chi connectivity index (χ3n) is 11.8. The van der Waals surface area contributed by atoms with Gasteiger partial charge < -0.3 is 89.9 Å². The molecule has 364 valence electrons. The Morgan fingerprint density at radius 1 is 0.565 bits per heavy atom. The van der Waals surface area contributed by atoms with Crippen molar-refractivity contribution in [2.45, 2.75) is 227 Å². The second kappa shape index (κ2) is 29.9. The second-order valence-electron chi connectivity index (χ2n) is 16.9. The summed E-state index contributed by atoms with van der Waals surface area (Å²) < 4.78 is 33.9. The highest BCUT2D eigenvalue weighted by atomic mass is 16.8. The summed E-state index contributed by atoms with van der Waals surface area (Å²) in [5, 5.41) is 119. The van der Waals surface area contributed by atoms with Crippen LogP contribution in [-0.2, 0) is 33.2 Å². The van der Waals surface area contributed by atoms with Crippen LogP contribution in [0.25, 0.3) is 0 Å². The van der Waals surface area contributed by atoms with Crippen LogP contribution in [0.1, 0.15) is 123 Å². The normalized spacial score (nSPS) is 35.3. The van der Waals surface area contributed by atoms with E-state index in [9.17, 15) is 61.0 Å². The molecule has 17 unspecified atom stereocenters. The molecular formula is C43H79NO18. The van der Waals surface area contributed by atoms with Crippen LogP contribution in [0.2, 0.25) is 0 Å². The van der Waals surface area contributed by atoms with Gasteiger partial charge in [0.05, 0.1) is 38.6 Å². The largest absolute Gasteiger partial charge is 0.394 e. The van der Waals surface area contributed by atoms with Crippen molar-refractivity contribution in [3.05, 3.63) is 12.2 Å². The van der Waals surface area contributed by atoms with Crippen molar-refractivity contribution in [2.24, 2.45) is 0 Å². The van der Waals surface area contributed by atoms with Gasteiger partial charge in [0.15, 0.2) is 18.9 Å². The number of amides is 1. The summed E-state index contributed by atoms with van der Waals surface area (Å²) in [4.78, 5) is 13.1. The standard InChI is InChI=1S/C43H79NO18/c1-3-5-7-9-10-11-12-13-14-15-17-19-21-31(49)44-26(27(48)20-18-16-8-6-4-2)25-57-41-37(55)34(52)39(29(23-46)59-41)62-43-38(56)35(53)40(30(24-47)60-43)61-42-36(54)33(51)32(50)28(22-45)58-42/h10-11,26-30,32-43,45-48,50-56H,3-9,12-25H2,1-2H3,(H,44,49)/b11-10-. The van der Waals surface area contributed by atoms with Gasteiger partial charge in [-0.3, -0.25) is 4.79 Å². The van der Waals surface area contributed by atoms with E-state index in [2.05, 4.69) is 31.3 Å². The van der Waals surface area contributed by atoms with Gasteiger partial charge in [-0.05, 0) is 38.5 Å². The molecule has 0 bridgehead atoms. The van der Waals surface area contributed by atoms with Crippen LogP contribution in [0.5, 0.6) is 0 Å². The zero-order chi connectivity index (χ0) is 45.6. The molecule has 0 radical (unpaired) electrons. The van der Waals surface area contributed by atoms with Gasteiger partial charge in [0.25, 0.3) is 0 Å². The number of carbonyl (C=O) groups is 1. The topological polar surface area (TPSA) is 307 Å². The number of hydrogen-bond acceptors (Lipinski definition) is 18. The molecule has 0 aliphatic carbocycles. The molecule has 3 heterocycles. The van der Waals surface area contributed by atoms with E-state index in [0.717, 1.165) is 70.6 Å². The number of aliphatic hydroxyl groups is 11. The van der Waals surface area contributed by atoms with E-state index >= 15 is 0 Å².